The van der Waals surface area contributed by atoms with E-state index in [9.17, 15) is 18.3 Å². The zero-order chi connectivity index (χ0) is 28.6. The van der Waals surface area contributed by atoms with Gasteiger partial charge in [0.25, 0.3) is 0 Å². The number of likely N-dealkylation sites (N-methyl/N-ethyl adjacent to an activating group) is 1. The van der Waals surface area contributed by atoms with Crippen molar-refractivity contribution in [1.82, 2.24) is 14.1 Å². The molecule has 0 aromatic carbocycles. The van der Waals surface area contributed by atoms with Crippen LogP contribution in [-0.4, -0.2) is 104 Å². The first-order valence-electron chi connectivity index (χ1n) is 16.3. The quantitative estimate of drug-likeness (QED) is 0.469. The van der Waals surface area contributed by atoms with Gasteiger partial charge in [0.05, 0.1) is 12.6 Å². The van der Waals surface area contributed by atoms with E-state index in [0.29, 0.717) is 43.8 Å². The second-order valence-corrected chi connectivity index (χ2v) is 16.0. The van der Waals surface area contributed by atoms with Gasteiger partial charge in [0.2, 0.25) is 10.0 Å². The van der Waals surface area contributed by atoms with E-state index in [-0.39, 0.29) is 11.8 Å². The number of nitrogens with zero attached hydrogens (tertiary/aromatic N) is 3. The van der Waals surface area contributed by atoms with E-state index in [4.69, 9.17) is 4.74 Å². The lowest BCUT2D eigenvalue weighted by atomic mass is 9.60. The summed E-state index contributed by atoms with van der Waals surface area (Å²) >= 11 is 0. The van der Waals surface area contributed by atoms with Gasteiger partial charge in [0.15, 0.2) is 5.78 Å². The van der Waals surface area contributed by atoms with Crippen molar-refractivity contribution in [3.8, 4) is 0 Å². The van der Waals surface area contributed by atoms with E-state index in [1.54, 1.807) is 23.4 Å². The molecule has 8 nitrogen and oxygen atoms in total. The van der Waals surface area contributed by atoms with Crippen LogP contribution in [0.1, 0.15) is 84.5 Å². The standard InChI is InChI=1S/C31H55N3O5S/c1-21-8-7-9-25(22(21)2)23-10-12-24(13-11-23)31-27-18-33(16-5-6-17-34(27)28(31)20-39-4)40(37,38)30-15-14-26(32(30)3)29(36)19-35/h21-28,30-31,35H,5-20H2,1-4H3/t21?,22?,23?,24?,25?,26?,27?,28-,30?,31+/m1/s1. The zero-order valence-electron chi connectivity index (χ0n) is 25.4. The van der Waals surface area contributed by atoms with Crippen LogP contribution >= 0.6 is 0 Å². The first-order chi connectivity index (χ1) is 19.2. The number of ether oxygens (including phenoxy) is 1. The second kappa shape index (κ2) is 13.0. The topological polar surface area (TPSA) is 90.4 Å². The molecule has 8 atom stereocenters. The van der Waals surface area contributed by atoms with Crippen LogP contribution < -0.4 is 0 Å². The number of hydrogen-bond donors (Lipinski definition) is 1. The van der Waals surface area contributed by atoms with E-state index in [0.717, 1.165) is 49.7 Å². The van der Waals surface area contributed by atoms with Crippen LogP contribution in [0.25, 0.3) is 0 Å². The van der Waals surface area contributed by atoms with Crippen LogP contribution in [0.4, 0.5) is 0 Å². The van der Waals surface area contributed by atoms with E-state index in [2.05, 4.69) is 18.7 Å². The first-order valence-corrected chi connectivity index (χ1v) is 17.8. The highest BCUT2D eigenvalue weighted by atomic mass is 32.2. The van der Waals surface area contributed by atoms with Crippen molar-refractivity contribution < 1.29 is 23.1 Å². The molecular weight excluding hydrogens is 526 g/mol. The Balaban J connectivity index is 1.29. The van der Waals surface area contributed by atoms with E-state index < -0.39 is 28.0 Å². The van der Waals surface area contributed by atoms with Crippen molar-refractivity contribution in [2.24, 2.45) is 35.5 Å². The molecule has 5 aliphatic rings. The molecule has 0 aromatic rings. The largest absolute Gasteiger partial charge is 0.389 e. The summed E-state index contributed by atoms with van der Waals surface area (Å²) in [5.74, 6) is 4.25. The number of likely N-dealkylation sites (tertiary alicyclic amines) is 1. The van der Waals surface area contributed by atoms with Crippen LogP contribution in [-0.2, 0) is 19.6 Å². The molecule has 2 saturated carbocycles. The van der Waals surface area contributed by atoms with Gasteiger partial charge in [-0.2, -0.15) is 4.31 Å². The molecule has 5 fully saturated rings. The normalized spacial score (nSPS) is 42.5. The predicted molar refractivity (Wildman–Crippen MR) is 157 cm³/mol. The molecule has 40 heavy (non-hydrogen) atoms. The summed E-state index contributed by atoms with van der Waals surface area (Å²) in [7, 11) is -0.0663. The highest BCUT2D eigenvalue weighted by Gasteiger charge is 2.54. The maximum absolute atomic E-state index is 14.0. The Morgan fingerprint density at radius 3 is 2.33 bits per heavy atom. The van der Waals surface area contributed by atoms with Gasteiger partial charge in [0.1, 0.15) is 12.0 Å². The number of aliphatic hydroxyl groups excluding tert-OH is 1. The number of aliphatic hydroxyl groups is 1. The molecule has 3 heterocycles. The molecule has 5 rings (SSSR count). The fourth-order valence-electron chi connectivity index (χ4n) is 9.70. The minimum absolute atomic E-state index is 0.243. The van der Waals surface area contributed by atoms with Crippen LogP contribution in [0, 0.1) is 35.5 Å². The molecule has 9 heteroatoms. The molecule has 230 valence electrons. The maximum Gasteiger partial charge on any atom is 0.230 e. The summed E-state index contributed by atoms with van der Waals surface area (Å²) in [6.07, 6.45) is 12.1. The number of sulfonamides is 1. The second-order valence-electron chi connectivity index (χ2n) is 14.0. The molecule has 0 bridgehead atoms. The summed E-state index contributed by atoms with van der Waals surface area (Å²) in [5.41, 5.74) is 0. The SMILES string of the molecule is COC[C@@H]1[C@@H](C2CCC(C3CCCC(C)C3C)CC2)C2CN(S(=O)(=O)C3CCC(C(=O)CO)N3C)CCCCN21. The van der Waals surface area contributed by atoms with Crippen LogP contribution in [0.15, 0.2) is 0 Å². The van der Waals surface area contributed by atoms with Crippen LogP contribution in [0.3, 0.4) is 0 Å². The Morgan fingerprint density at radius 1 is 0.925 bits per heavy atom. The van der Waals surface area contributed by atoms with Crippen molar-refractivity contribution >= 4 is 15.8 Å². The summed E-state index contributed by atoms with van der Waals surface area (Å²) < 4.78 is 35.6. The fourth-order valence-corrected chi connectivity index (χ4v) is 11.8. The number of Topliss-reactive ketones (excluding diaryl/α,β-unsaturated/α-hetero) is 1. The van der Waals surface area contributed by atoms with E-state index in [1.807, 2.05) is 0 Å². The van der Waals surface area contributed by atoms with Crippen LogP contribution in [0.2, 0.25) is 0 Å². The lowest BCUT2D eigenvalue weighted by Gasteiger charge is -2.60. The van der Waals surface area contributed by atoms with Gasteiger partial charge in [0, 0.05) is 32.3 Å². The molecule has 0 aromatic heterocycles. The molecule has 0 radical (unpaired) electrons. The van der Waals surface area contributed by atoms with Gasteiger partial charge in [-0.3, -0.25) is 14.6 Å². The number of fused-ring (bicyclic) bond motifs is 1. The number of hydrogen-bond acceptors (Lipinski definition) is 7. The summed E-state index contributed by atoms with van der Waals surface area (Å²) in [5, 5.41) is 8.68. The van der Waals surface area contributed by atoms with Crippen molar-refractivity contribution in [3.63, 3.8) is 0 Å². The number of methoxy groups -OCH3 is 1. The Kier molecular flexibility index (Phi) is 10.0. The van der Waals surface area contributed by atoms with Gasteiger partial charge >= 0.3 is 0 Å². The highest BCUT2D eigenvalue weighted by molar-refractivity contribution is 7.89. The number of ketones is 1. The molecule has 0 spiro atoms. The van der Waals surface area contributed by atoms with Crippen LogP contribution in [0.5, 0.6) is 0 Å². The van der Waals surface area contributed by atoms with Crippen molar-refractivity contribution in [2.75, 3.05) is 47.0 Å². The molecule has 3 saturated heterocycles. The minimum atomic E-state index is -3.60. The zero-order valence-corrected chi connectivity index (χ0v) is 26.2. The number of carbonyl (C=O) groups excluding carboxylic acids is 1. The third-order valence-corrected chi connectivity index (χ3v) is 14.5. The smallest absolute Gasteiger partial charge is 0.230 e. The summed E-state index contributed by atoms with van der Waals surface area (Å²) in [6.45, 7) is 7.25. The Hall–Kier alpha value is -0.580. The predicted octanol–water partition coefficient (Wildman–Crippen LogP) is 3.59. The molecule has 2 aliphatic carbocycles. The third-order valence-electron chi connectivity index (χ3n) is 12.1. The number of rotatable bonds is 8. The van der Waals surface area contributed by atoms with Gasteiger partial charge < -0.3 is 9.84 Å². The number of carbonyl (C=O) groups is 1. The Bertz CT molecular complexity index is 970. The van der Waals surface area contributed by atoms with Crippen molar-refractivity contribution in [1.29, 1.82) is 0 Å². The third kappa shape index (κ3) is 5.81. The average molecular weight is 582 g/mol. The molecule has 6 unspecified atom stereocenters. The maximum atomic E-state index is 14.0. The van der Waals surface area contributed by atoms with Gasteiger partial charge in [-0.25, -0.2) is 8.42 Å². The molecular formula is C31H55N3O5S. The minimum Gasteiger partial charge on any atom is -0.389 e. The Morgan fingerprint density at radius 2 is 1.62 bits per heavy atom. The Labute approximate surface area is 243 Å². The average Bonchev–Trinajstić information content (AvgIpc) is 3.33. The van der Waals surface area contributed by atoms with Crippen molar-refractivity contribution in [3.05, 3.63) is 0 Å². The molecule has 0 amide bonds. The van der Waals surface area contributed by atoms with Gasteiger partial charge in [-0.1, -0.05) is 26.7 Å². The van der Waals surface area contributed by atoms with Crippen molar-refractivity contribution in [2.45, 2.75) is 108 Å². The lowest BCUT2D eigenvalue weighted by molar-refractivity contribution is -0.128. The lowest BCUT2D eigenvalue weighted by Crippen LogP contribution is -2.71. The van der Waals surface area contributed by atoms with E-state index in [1.165, 1.54) is 44.9 Å². The molecule has 3 aliphatic heterocycles. The van der Waals surface area contributed by atoms with Gasteiger partial charge in [-0.15, -0.1) is 0 Å². The highest BCUT2D eigenvalue weighted by Crippen LogP contribution is 2.50. The van der Waals surface area contributed by atoms with E-state index >= 15 is 0 Å². The first kappa shape index (κ1) is 30.9. The summed E-state index contributed by atoms with van der Waals surface area (Å²) in [6, 6.07) is 0.115. The summed E-state index contributed by atoms with van der Waals surface area (Å²) in [4.78, 5) is 16.5. The fraction of sp³-hybridized carbons (Fsp3) is 0.968. The molecule has 1 N–H and O–H groups in total. The monoisotopic (exact) mass is 581 g/mol. The van der Waals surface area contributed by atoms with Gasteiger partial charge in [-0.05, 0) is 107 Å².